The zero-order chi connectivity index (χ0) is 70.9. The van der Waals surface area contributed by atoms with Crippen LogP contribution < -0.4 is 31.9 Å². The monoisotopic (exact) mass is 1380 g/mol. The molecular formula is C76H59FN22O5. The van der Waals surface area contributed by atoms with E-state index in [0.717, 1.165) is 142 Å². The molecule has 6 aliphatic rings. The van der Waals surface area contributed by atoms with Gasteiger partial charge < -0.3 is 50.2 Å². The van der Waals surface area contributed by atoms with Gasteiger partial charge in [0.1, 0.15) is 71.7 Å². The van der Waals surface area contributed by atoms with Crippen LogP contribution in [0, 0.1) is 5.82 Å². The number of nitrogens with one attached hydrogen (secondary N) is 4. The van der Waals surface area contributed by atoms with Crippen LogP contribution in [0.5, 0.6) is 0 Å². The third kappa shape index (κ3) is 11.5. The number of ketones is 1. The minimum absolute atomic E-state index is 0.00115. The van der Waals surface area contributed by atoms with Crippen molar-refractivity contribution in [3.8, 4) is 33.9 Å². The summed E-state index contributed by atoms with van der Waals surface area (Å²) in [6.45, 7) is 4.43. The molecule has 1 atom stereocenters. The van der Waals surface area contributed by atoms with Gasteiger partial charge in [-0.05, 0) is 151 Å². The van der Waals surface area contributed by atoms with Gasteiger partial charge in [0.2, 0.25) is 0 Å². The molecule has 10 aromatic heterocycles. The molecule has 4 amide bonds. The second kappa shape index (κ2) is 25.9. The van der Waals surface area contributed by atoms with Gasteiger partial charge in [-0.25, -0.2) is 54.2 Å². The Bertz CT molecular complexity index is 6050. The molecule has 15 heterocycles. The molecule has 0 radical (unpaired) electrons. The van der Waals surface area contributed by atoms with E-state index < -0.39 is 5.82 Å². The maximum Gasteiger partial charge on any atom is 0.254 e. The van der Waals surface area contributed by atoms with Gasteiger partial charge >= 0.3 is 0 Å². The fraction of sp³-hybridized carbons (Fsp3) is 0.132. The molecule has 104 heavy (non-hydrogen) atoms. The predicted molar refractivity (Wildman–Crippen MR) is 383 cm³/mol. The van der Waals surface area contributed by atoms with Crippen molar-refractivity contribution in [3.05, 3.63) is 264 Å². The molecule has 5 aromatic carbocycles. The Balaban J connectivity index is 0.0000000965. The van der Waals surface area contributed by atoms with Crippen LogP contribution in [-0.4, -0.2) is 114 Å². The molecule has 21 rings (SSSR count). The van der Waals surface area contributed by atoms with E-state index in [4.69, 9.17) is 5.73 Å². The van der Waals surface area contributed by atoms with E-state index in [1.54, 1.807) is 40.4 Å². The maximum absolute atomic E-state index is 14.1. The third-order valence-corrected chi connectivity index (χ3v) is 19.2. The number of anilines is 3. The number of carbonyl (C=O) groups is 5. The van der Waals surface area contributed by atoms with Gasteiger partial charge in [-0.3, -0.25) is 28.7 Å². The largest absolute Gasteiger partial charge is 0.383 e. The Morgan fingerprint density at radius 2 is 1.03 bits per heavy atom. The van der Waals surface area contributed by atoms with E-state index in [0.29, 0.717) is 48.8 Å². The molecule has 0 fully saturated rings. The summed E-state index contributed by atoms with van der Waals surface area (Å²) in [5, 5.41) is 19.1. The fourth-order valence-corrected chi connectivity index (χ4v) is 14.1. The number of carbonyl (C=O) groups excluding carboxylic acids is 5. The van der Waals surface area contributed by atoms with Crippen LogP contribution in [-0.2, 0) is 39.5 Å². The van der Waals surface area contributed by atoms with E-state index in [1.807, 2.05) is 145 Å². The van der Waals surface area contributed by atoms with Crippen molar-refractivity contribution >= 4 is 90.9 Å². The Morgan fingerprint density at radius 1 is 0.462 bits per heavy atom. The molecule has 0 saturated heterocycles. The lowest BCUT2D eigenvalue weighted by molar-refractivity contribution is 0.0951. The first kappa shape index (κ1) is 63.4. The van der Waals surface area contributed by atoms with Gasteiger partial charge in [0.15, 0.2) is 5.78 Å². The van der Waals surface area contributed by atoms with Crippen LogP contribution in [0.3, 0.4) is 0 Å². The number of aromatic nitrogens is 16. The van der Waals surface area contributed by atoms with E-state index in [9.17, 15) is 28.4 Å². The van der Waals surface area contributed by atoms with E-state index in [1.165, 1.54) is 30.6 Å². The first-order valence-corrected chi connectivity index (χ1v) is 33.3. The third-order valence-electron chi connectivity index (χ3n) is 19.2. The molecule has 1 aliphatic carbocycles. The number of nitrogen functional groups attached to an aromatic ring is 1. The van der Waals surface area contributed by atoms with Gasteiger partial charge in [0.05, 0.1) is 28.9 Å². The van der Waals surface area contributed by atoms with Crippen LogP contribution in [0.25, 0.3) is 78.0 Å². The minimum Gasteiger partial charge on any atom is -0.383 e. The summed E-state index contributed by atoms with van der Waals surface area (Å²) in [6.07, 6.45) is 28.7. The van der Waals surface area contributed by atoms with E-state index >= 15 is 0 Å². The van der Waals surface area contributed by atoms with Crippen LogP contribution in [0.4, 0.5) is 21.7 Å². The summed E-state index contributed by atoms with van der Waals surface area (Å²) in [4.78, 5) is 102. The van der Waals surface area contributed by atoms with Crippen molar-refractivity contribution in [3.63, 3.8) is 0 Å². The molecule has 28 heteroatoms. The Kier molecular flexibility index (Phi) is 15.8. The second-order valence-corrected chi connectivity index (χ2v) is 25.4. The smallest absolute Gasteiger partial charge is 0.254 e. The summed E-state index contributed by atoms with van der Waals surface area (Å²) in [5.41, 5.74) is 25.1. The molecule has 5 aliphatic heterocycles. The second-order valence-electron chi connectivity index (χ2n) is 25.4. The lowest BCUT2D eigenvalue weighted by Gasteiger charge is -2.19. The molecule has 6 N–H and O–H groups in total. The van der Waals surface area contributed by atoms with Crippen LogP contribution >= 0.6 is 0 Å². The quantitative estimate of drug-likeness (QED) is 0.103. The lowest BCUT2D eigenvalue weighted by atomic mass is 10.0. The molecule has 15 aromatic rings. The van der Waals surface area contributed by atoms with Crippen molar-refractivity contribution in [2.45, 2.75) is 51.9 Å². The normalized spacial score (nSPS) is 14.7. The first-order chi connectivity index (χ1) is 50.7. The summed E-state index contributed by atoms with van der Waals surface area (Å²) in [5.74, 6) is 0.806. The molecule has 1 unspecified atom stereocenters. The topological polar surface area (TPSA) is 329 Å². The number of amides is 4. The standard InChI is InChI=1S/C19H15N5O.C15H14N4O.C14H9FN4O.C14H11N5O.C14H10N4O/c1-23-9-13(7-22-23)17-10-24(19-16(17)8-20-11-21-19)14-3-4-15-12(6-14)2-5-18(15)25;1-9-13-6-11(2-3-12(13)15(20)18-9)19-5-4-10-7-16-8-17-14(10)19;15-11-4-10(3-9-6-17-14(20)12(9)11)19-2-1-8-5-16-7-18-13(8)19;15-12-11-3-4-19(13(11)18-7-17-12)9-1-2-10-8(5-9)6-16-14(10)20;19-14-12-2-1-11(5-10(12)7-16-14)18-4-3-9-6-15-8-17-13(9)18/h3-4,6-11H,2,5H2,1H3;2-3,6-9H,4-5H2,1H3,(H,18,20);1-5,7H,6H2,(H,17,20);1-5,7H,6H2,(H,16,20)(H2,15,17,18);1-6,8H,7H2,(H,16,19). The number of hydrogen-bond acceptors (Lipinski definition) is 18. The van der Waals surface area contributed by atoms with Crippen molar-refractivity contribution in [1.29, 1.82) is 0 Å². The number of halogens is 1. The number of rotatable bonds is 6. The van der Waals surface area contributed by atoms with Crippen LogP contribution in [0.2, 0.25) is 0 Å². The fourth-order valence-electron chi connectivity index (χ4n) is 14.1. The number of nitrogens with two attached hydrogens (primary N) is 1. The van der Waals surface area contributed by atoms with Crippen molar-refractivity contribution in [2.75, 3.05) is 17.2 Å². The highest BCUT2D eigenvalue weighted by molar-refractivity contribution is 6.03. The minimum atomic E-state index is -0.511. The lowest BCUT2D eigenvalue weighted by Crippen LogP contribution is -2.16. The number of aryl methyl sites for hydroxylation is 2. The summed E-state index contributed by atoms with van der Waals surface area (Å²) < 4.78 is 23.6. The van der Waals surface area contributed by atoms with E-state index in [2.05, 4.69) is 104 Å². The van der Waals surface area contributed by atoms with Crippen LogP contribution in [0.15, 0.2) is 197 Å². The van der Waals surface area contributed by atoms with Crippen molar-refractivity contribution in [2.24, 2.45) is 7.05 Å². The van der Waals surface area contributed by atoms with Gasteiger partial charge in [0, 0.05) is 173 Å². The van der Waals surface area contributed by atoms with E-state index in [-0.39, 0.29) is 41.0 Å². The zero-order valence-corrected chi connectivity index (χ0v) is 55.6. The summed E-state index contributed by atoms with van der Waals surface area (Å²) in [6, 6.07) is 32.5. The Morgan fingerprint density at radius 3 is 1.74 bits per heavy atom. The highest BCUT2D eigenvalue weighted by Crippen LogP contribution is 2.37. The maximum atomic E-state index is 14.1. The molecular weight excluding hydrogens is 1320 g/mol. The van der Waals surface area contributed by atoms with Crippen molar-refractivity contribution < 1.29 is 28.4 Å². The Hall–Kier alpha value is -14.1. The number of benzene rings is 5. The molecule has 0 saturated carbocycles. The highest BCUT2D eigenvalue weighted by atomic mass is 19.1. The summed E-state index contributed by atoms with van der Waals surface area (Å²) >= 11 is 0. The average Bonchev–Trinajstić information content (AvgIpc) is 1.60. The van der Waals surface area contributed by atoms with Gasteiger partial charge in [0.25, 0.3) is 23.6 Å². The molecule has 510 valence electrons. The predicted octanol–water partition coefficient (Wildman–Crippen LogP) is 9.64. The SMILES string of the molecule is CC1NC(=O)c2ccc(N3CCc4cncnc43)cc21.Cn1cc(-c2cn(-c3ccc4c(c3)CCC4=O)c3ncncc23)cn1.Nc1ncnc2c1ccn2-c1ccc2c(c1)CNC2=O.O=C1NCc2cc(-n3ccc4cncnc43)cc(F)c21.O=C1NCc2cc(-n3ccc4cncnc43)ccc21. The average molecular weight is 1380 g/mol. The zero-order valence-electron chi connectivity index (χ0n) is 55.6. The number of nitrogens with zero attached hydrogens (tertiary/aromatic N) is 17. The summed E-state index contributed by atoms with van der Waals surface area (Å²) in [7, 11) is 1.90. The Labute approximate surface area is 589 Å². The number of Topliss-reactive ketones (excluding diaryl/α,β-unsaturated/α-hetero) is 1. The molecule has 0 bridgehead atoms. The molecule has 0 spiro atoms. The van der Waals surface area contributed by atoms with Gasteiger partial charge in [-0.15, -0.1) is 0 Å². The first-order valence-electron chi connectivity index (χ1n) is 33.3. The van der Waals surface area contributed by atoms with Gasteiger partial charge in [-0.1, -0.05) is 0 Å². The highest BCUT2D eigenvalue weighted by Gasteiger charge is 2.30. The number of fused-ring (bicyclic) bond motifs is 10. The number of hydrogen-bond donors (Lipinski definition) is 5. The van der Waals surface area contributed by atoms with Gasteiger partial charge in [-0.2, -0.15) is 5.10 Å². The molecule has 27 nitrogen and oxygen atoms in total. The van der Waals surface area contributed by atoms with Crippen LogP contribution in [0.1, 0.15) is 105 Å². The van der Waals surface area contributed by atoms with Crippen molar-refractivity contribution in [1.82, 2.24) is 99.2 Å².